The molecule has 1 amide bonds. The van der Waals surface area contributed by atoms with Crippen molar-refractivity contribution in [1.82, 2.24) is 10.2 Å². The highest BCUT2D eigenvalue weighted by Gasteiger charge is 2.44. The van der Waals surface area contributed by atoms with E-state index in [4.69, 9.17) is 4.74 Å². The number of alkyl halides is 1. The number of hydrogen-bond acceptors (Lipinski definition) is 3. The second-order valence-electron chi connectivity index (χ2n) is 7.75. The molecule has 1 saturated heterocycles. The lowest BCUT2D eigenvalue weighted by Crippen LogP contribution is -2.53. The Balaban J connectivity index is 1.51. The number of ether oxygens (including phenoxy) is 1. The molecule has 1 aliphatic carbocycles. The van der Waals surface area contributed by atoms with Crippen LogP contribution in [0.4, 0.5) is 4.39 Å². The SMILES string of the molecule is O=C(N[C@H]1CC2(CCN(CCF)CC2)Oc2ccccc21)C1CCC1. The Hall–Kier alpha value is -1.62. The van der Waals surface area contributed by atoms with Gasteiger partial charge in [0.1, 0.15) is 18.0 Å². The minimum atomic E-state index is -0.295. The maximum absolute atomic E-state index is 12.6. The summed E-state index contributed by atoms with van der Waals surface area (Å²) in [5.41, 5.74) is 0.852. The molecule has 0 radical (unpaired) electrons. The summed E-state index contributed by atoms with van der Waals surface area (Å²) in [5, 5.41) is 3.29. The number of nitrogens with zero attached hydrogens (tertiary/aromatic N) is 1. The molecule has 5 heteroatoms. The fraction of sp³-hybridized carbons (Fsp3) is 0.650. The summed E-state index contributed by atoms with van der Waals surface area (Å²) >= 11 is 0. The first kappa shape index (κ1) is 16.8. The van der Waals surface area contributed by atoms with Crippen LogP contribution >= 0.6 is 0 Å². The molecule has 1 saturated carbocycles. The second-order valence-corrected chi connectivity index (χ2v) is 7.75. The van der Waals surface area contributed by atoms with Crippen LogP contribution in [0, 0.1) is 5.92 Å². The second kappa shape index (κ2) is 6.94. The average molecular weight is 346 g/mol. The van der Waals surface area contributed by atoms with Crippen LogP contribution in [-0.2, 0) is 4.79 Å². The third kappa shape index (κ3) is 3.39. The molecule has 136 valence electrons. The van der Waals surface area contributed by atoms with E-state index in [1.54, 1.807) is 0 Å². The van der Waals surface area contributed by atoms with Gasteiger partial charge in [-0.15, -0.1) is 0 Å². The van der Waals surface area contributed by atoms with Crippen molar-refractivity contribution in [2.75, 3.05) is 26.3 Å². The molecule has 2 fully saturated rings. The number of carbonyl (C=O) groups excluding carboxylic acids is 1. The van der Waals surface area contributed by atoms with Gasteiger partial charge in [0.2, 0.25) is 5.91 Å². The predicted octanol–water partition coefficient (Wildman–Crippen LogP) is 3.23. The highest BCUT2D eigenvalue weighted by atomic mass is 19.1. The number of para-hydroxylation sites is 1. The molecule has 0 unspecified atom stereocenters. The van der Waals surface area contributed by atoms with Crippen molar-refractivity contribution >= 4 is 5.91 Å². The zero-order chi connectivity index (χ0) is 17.3. The van der Waals surface area contributed by atoms with Gasteiger partial charge >= 0.3 is 0 Å². The van der Waals surface area contributed by atoms with Crippen molar-refractivity contribution < 1.29 is 13.9 Å². The zero-order valence-electron chi connectivity index (χ0n) is 14.7. The number of nitrogens with one attached hydrogen (secondary N) is 1. The molecule has 4 nitrogen and oxygen atoms in total. The number of benzene rings is 1. The van der Waals surface area contributed by atoms with Crippen molar-refractivity contribution in [3.8, 4) is 5.75 Å². The molecule has 2 aliphatic heterocycles. The summed E-state index contributed by atoms with van der Waals surface area (Å²) in [7, 11) is 0. The third-order valence-electron chi connectivity index (χ3n) is 6.16. The number of fused-ring (bicyclic) bond motifs is 1. The minimum Gasteiger partial charge on any atom is -0.487 e. The Kier molecular flexibility index (Phi) is 4.67. The number of rotatable bonds is 4. The molecule has 25 heavy (non-hydrogen) atoms. The van der Waals surface area contributed by atoms with E-state index in [1.807, 2.05) is 18.2 Å². The van der Waals surface area contributed by atoms with Gasteiger partial charge in [-0.3, -0.25) is 4.79 Å². The van der Waals surface area contributed by atoms with Crippen LogP contribution in [0.25, 0.3) is 0 Å². The van der Waals surface area contributed by atoms with E-state index >= 15 is 0 Å². The summed E-state index contributed by atoms with van der Waals surface area (Å²) in [5.74, 6) is 1.28. The largest absolute Gasteiger partial charge is 0.487 e. The zero-order valence-corrected chi connectivity index (χ0v) is 14.7. The highest BCUT2D eigenvalue weighted by molar-refractivity contribution is 5.80. The summed E-state index contributed by atoms with van der Waals surface area (Å²) in [6.07, 6.45) is 5.77. The first-order valence-corrected chi connectivity index (χ1v) is 9.56. The number of hydrogen-bond donors (Lipinski definition) is 1. The normalized spacial score (nSPS) is 25.7. The Labute approximate surface area is 148 Å². The van der Waals surface area contributed by atoms with E-state index in [9.17, 15) is 9.18 Å². The number of amides is 1. The first-order valence-electron chi connectivity index (χ1n) is 9.56. The van der Waals surface area contributed by atoms with E-state index in [0.29, 0.717) is 6.54 Å². The van der Waals surface area contributed by atoms with E-state index in [0.717, 1.165) is 62.9 Å². The molecule has 1 aromatic rings. The molecule has 4 rings (SSSR count). The van der Waals surface area contributed by atoms with E-state index in [-0.39, 0.29) is 30.1 Å². The van der Waals surface area contributed by atoms with Gasteiger partial charge in [-0.2, -0.15) is 0 Å². The van der Waals surface area contributed by atoms with Crippen molar-refractivity contribution in [2.24, 2.45) is 5.92 Å². The van der Waals surface area contributed by atoms with Crippen LogP contribution in [-0.4, -0.2) is 42.7 Å². The van der Waals surface area contributed by atoms with Gasteiger partial charge in [0.15, 0.2) is 0 Å². The average Bonchev–Trinajstić information content (AvgIpc) is 2.56. The van der Waals surface area contributed by atoms with Crippen molar-refractivity contribution in [1.29, 1.82) is 0 Å². The van der Waals surface area contributed by atoms with E-state index in [1.165, 1.54) is 0 Å². The van der Waals surface area contributed by atoms with Crippen LogP contribution in [0.15, 0.2) is 24.3 Å². The van der Waals surface area contributed by atoms with Crippen molar-refractivity contribution in [3.63, 3.8) is 0 Å². The molecule has 1 spiro atoms. The van der Waals surface area contributed by atoms with Gasteiger partial charge in [-0.25, -0.2) is 4.39 Å². The maximum Gasteiger partial charge on any atom is 0.223 e. The lowest BCUT2D eigenvalue weighted by atomic mass is 9.79. The molecule has 0 bridgehead atoms. The number of carbonyl (C=O) groups is 1. The first-order chi connectivity index (χ1) is 12.2. The molecule has 2 heterocycles. The van der Waals surface area contributed by atoms with Crippen LogP contribution in [0.1, 0.15) is 50.1 Å². The van der Waals surface area contributed by atoms with Gasteiger partial charge < -0.3 is 15.0 Å². The molecule has 0 aromatic heterocycles. The van der Waals surface area contributed by atoms with Crippen molar-refractivity contribution in [3.05, 3.63) is 29.8 Å². The van der Waals surface area contributed by atoms with Gasteiger partial charge in [0.05, 0.1) is 6.04 Å². The quantitative estimate of drug-likeness (QED) is 0.910. The minimum absolute atomic E-state index is 0.0192. The van der Waals surface area contributed by atoms with Crippen molar-refractivity contribution in [2.45, 2.75) is 50.2 Å². The fourth-order valence-electron chi connectivity index (χ4n) is 4.32. The van der Waals surface area contributed by atoms with E-state index in [2.05, 4.69) is 16.3 Å². The topological polar surface area (TPSA) is 41.6 Å². The third-order valence-corrected chi connectivity index (χ3v) is 6.16. The van der Waals surface area contributed by atoms with Gasteiger partial charge in [0, 0.05) is 37.5 Å². The number of halogens is 1. The molecular weight excluding hydrogens is 319 g/mol. The van der Waals surface area contributed by atoms with Crippen LogP contribution in [0.3, 0.4) is 0 Å². The highest BCUT2D eigenvalue weighted by Crippen LogP contribution is 2.44. The van der Waals surface area contributed by atoms with E-state index < -0.39 is 0 Å². The standard InChI is InChI=1S/C20H27FN2O2/c21-10-13-23-11-8-20(9-12-23)14-17(22-19(24)15-4-3-5-15)16-6-1-2-7-18(16)25-20/h1-2,6-7,15,17H,3-5,8-14H2,(H,22,24)/t17-/m0/s1. The summed E-state index contributed by atoms with van der Waals surface area (Å²) in [6, 6.07) is 8.08. The summed E-state index contributed by atoms with van der Waals surface area (Å²) < 4.78 is 19.0. The molecule has 1 atom stereocenters. The Morgan fingerprint density at radius 2 is 2.04 bits per heavy atom. The molecular formula is C20H27FN2O2. The predicted molar refractivity (Wildman–Crippen MR) is 94.3 cm³/mol. The lowest BCUT2D eigenvalue weighted by molar-refractivity contribution is -0.129. The molecule has 1 N–H and O–H groups in total. The number of piperidine rings is 1. The van der Waals surface area contributed by atoms with Gasteiger partial charge in [0.25, 0.3) is 0 Å². The molecule has 3 aliphatic rings. The maximum atomic E-state index is 12.6. The summed E-state index contributed by atoms with van der Waals surface area (Å²) in [4.78, 5) is 14.7. The van der Waals surface area contributed by atoms with Crippen LogP contribution in [0.2, 0.25) is 0 Å². The van der Waals surface area contributed by atoms with Crippen LogP contribution in [0.5, 0.6) is 5.75 Å². The Morgan fingerprint density at radius 3 is 2.72 bits per heavy atom. The fourth-order valence-corrected chi connectivity index (χ4v) is 4.32. The monoisotopic (exact) mass is 346 g/mol. The van der Waals surface area contributed by atoms with Crippen LogP contribution < -0.4 is 10.1 Å². The van der Waals surface area contributed by atoms with Gasteiger partial charge in [-0.05, 0) is 31.7 Å². The number of likely N-dealkylation sites (tertiary alicyclic amines) is 1. The Bertz CT molecular complexity index is 624. The smallest absolute Gasteiger partial charge is 0.223 e. The van der Waals surface area contributed by atoms with Gasteiger partial charge in [-0.1, -0.05) is 24.6 Å². The Morgan fingerprint density at radius 1 is 1.28 bits per heavy atom. The lowest BCUT2D eigenvalue weighted by Gasteiger charge is -2.47. The molecule has 1 aromatic carbocycles. The summed E-state index contributed by atoms with van der Waals surface area (Å²) in [6.45, 7) is 1.93.